The van der Waals surface area contributed by atoms with Gasteiger partial charge >= 0.3 is 0 Å². The molecule has 0 aliphatic carbocycles. The van der Waals surface area contributed by atoms with Crippen LogP contribution >= 0.6 is 0 Å². The van der Waals surface area contributed by atoms with Crippen molar-refractivity contribution in [3.05, 3.63) is 29.8 Å². The van der Waals surface area contributed by atoms with Gasteiger partial charge in [-0.05, 0) is 43.4 Å². The van der Waals surface area contributed by atoms with E-state index in [-0.39, 0.29) is 12.1 Å². The Morgan fingerprint density at radius 3 is 2.35 bits per heavy atom. The summed E-state index contributed by atoms with van der Waals surface area (Å²) in [5.74, 6) is 0.402. The molecule has 5 heteroatoms. The minimum atomic E-state index is -3.40. The Morgan fingerprint density at radius 2 is 1.85 bits per heavy atom. The van der Waals surface area contributed by atoms with Crippen molar-refractivity contribution >= 4 is 10.0 Å². The van der Waals surface area contributed by atoms with Crippen molar-refractivity contribution in [1.29, 1.82) is 0 Å². The van der Waals surface area contributed by atoms with Crippen LogP contribution in [0.3, 0.4) is 0 Å². The predicted molar refractivity (Wildman–Crippen MR) is 81.1 cm³/mol. The molecule has 1 saturated heterocycles. The maximum atomic E-state index is 12.7. The molecule has 1 aliphatic rings. The lowest BCUT2D eigenvalue weighted by atomic mass is 10.0. The van der Waals surface area contributed by atoms with Crippen LogP contribution in [0.15, 0.2) is 29.2 Å². The smallest absolute Gasteiger partial charge is 0.243 e. The summed E-state index contributed by atoms with van der Waals surface area (Å²) in [5, 5.41) is 0. The molecule has 1 heterocycles. The van der Waals surface area contributed by atoms with Gasteiger partial charge in [0.25, 0.3) is 0 Å². The third kappa shape index (κ3) is 3.05. The fraction of sp³-hybridized carbons (Fsp3) is 0.600. The van der Waals surface area contributed by atoms with Gasteiger partial charge in [0.15, 0.2) is 0 Å². The van der Waals surface area contributed by atoms with Crippen LogP contribution < -0.4 is 5.73 Å². The average molecular weight is 296 g/mol. The highest BCUT2D eigenvalue weighted by molar-refractivity contribution is 7.89. The van der Waals surface area contributed by atoms with E-state index in [1.54, 1.807) is 16.4 Å². The highest BCUT2D eigenvalue weighted by atomic mass is 32.2. The van der Waals surface area contributed by atoms with E-state index in [0.717, 1.165) is 18.4 Å². The van der Waals surface area contributed by atoms with Gasteiger partial charge < -0.3 is 5.73 Å². The van der Waals surface area contributed by atoms with E-state index < -0.39 is 10.0 Å². The van der Waals surface area contributed by atoms with Gasteiger partial charge in [-0.1, -0.05) is 26.0 Å². The van der Waals surface area contributed by atoms with Gasteiger partial charge in [0, 0.05) is 18.6 Å². The number of benzene rings is 1. The Hall–Kier alpha value is -0.910. The lowest BCUT2D eigenvalue weighted by Gasteiger charge is -2.35. The van der Waals surface area contributed by atoms with Crippen molar-refractivity contribution < 1.29 is 8.42 Å². The molecule has 2 rings (SSSR count). The number of sulfonamides is 1. The van der Waals surface area contributed by atoms with Gasteiger partial charge in [-0.15, -0.1) is 0 Å². The molecule has 1 fully saturated rings. The summed E-state index contributed by atoms with van der Waals surface area (Å²) in [6.07, 6.45) is 1.46. The fourth-order valence-electron chi connectivity index (χ4n) is 2.70. The molecule has 20 heavy (non-hydrogen) atoms. The van der Waals surface area contributed by atoms with Gasteiger partial charge in [0.05, 0.1) is 4.90 Å². The summed E-state index contributed by atoms with van der Waals surface area (Å²) < 4.78 is 26.9. The van der Waals surface area contributed by atoms with E-state index in [4.69, 9.17) is 5.73 Å². The van der Waals surface area contributed by atoms with E-state index >= 15 is 0 Å². The van der Waals surface area contributed by atoms with Crippen molar-refractivity contribution in [2.75, 3.05) is 6.54 Å². The number of nitrogens with zero attached hydrogens (tertiary/aromatic N) is 1. The Labute approximate surface area is 122 Å². The molecule has 4 nitrogen and oxygen atoms in total. The van der Waals surface area contributed by atoms with Gasteiger partial charge in [-0.2, -0.15) is 4.31 Å². The van der Waals surface area contributed by atoms with E-state index in [9.17, 15) is 8.42 Å². The van der Waals surface area contributed by atoms with Crippen LogP contribution in [0.5, 0.6) is 0 Å². The lowest BCUT2D eigenvalue weighted by Crippen LogP contribution is -2.48. The molecule has 0 bridgehead atoms. The molecule has 2 N–H and O–H groups in total. The summed E-state index contributed by atoms with van der Waals surface area (Å²) in [6.45, 7) is 6.63. The molecule has 0 saturated carbocycles. The van der Waals surface area contributed by atoms with E-state index in [1.807, 2.05) is 19.1 Å². The van der Waals surface area contributed by atoms with Gasteiger partial charge in [-0.3, -0.25) is 0 Å². The largest absolute Gasteiger partial charge is 0.328 e. The SMILES string of the molecule is CC(C)c1ccc(S(=O)(=O)N2CCC(N)CC2C)cc1. The Morgan fingerprint density at radius 1 is 1.25 bits per heavy atom. The third-order valence-electron chi connectivity index (χ3n) is 4.01. The minimum Gasteiger partial charge on any atom is -0.328 e. The van der Waals surface area contributed by atoms with Crippen LogP contribution in [0.4, 0.5) is 0 Å². The summed E-state index contributed by atoms with van der Waals surface area (Å²) in [5.41, 5.74) is 7.05. The summed E-state index contributed by atoms with van der Waals surface area (Å²) in [4.78, 5) is 0.379. The fourth-order valence-corrected chi connectivity index (χ4v) is 4.36. The molecule has 0 radical (unpaired) electrons. The van der Waals surface area contributed by atoms with Crippen LogP contribution in [-0.4, -0.2) is 31.4 Å². The maximum Gasteiger partial charge on any atom is 0.243 e. The Bertz CT molecular complexity index is 552. The molecule has 1 aromatic rings. The summed E-state index contributed by atoms with van der Waals surface area (Å²) in [6, 6.07) is 7.31. The highest BCUT2D eigenvalue weighted by Gasteiger charge is 2.33. The lowest BCUT2D eigenvalue weighted by molar-refractivity contribution is 0.247. The monoisotopic (exact) mass is 296 g/mol. The molecule has 0 aromatic heterocycles. The second-order valence-corrected chi connectivity index (χ2v) is 7.86. The van der Waals surface area contributed by atoms with E-state index in [0.29, 0.717) is 17.4 Å². The number of nitrogens with two attached hydrogens (primary N) is 1. The molecule has 1 aliphatic heterocycles. The van der Waals surface area contributed by atoms with Crippen molar-refractivity contribution in [1.82, 2.24) is 4.31 Å². The quantitative estimate of drug-likeness (QED) is 0.931. The summed E-state index contributed by atoms with van der Waals surface area (Å²) >= 11 is 0. The van der Waals surface area contributed by atoms with Crippen LogP contribution in [0.2, 0.25) is 0 Å². The van der Waals surface area contributed by atoms with Gasteiger partial charge in [0.2, 0.25) is 10.0 Å². The van der Waals surface area contributed by atoms with Crippen molar-refractivity contribution in [2.24, 2.45) is 5.73 Å². The van der Waals surface area contributed by atoms with Crippen molar-refractivity contribution in [3.63, 3.8) is 0 Å². The molecule has 0 amide bonds. The van der Waals surface area contributed by atoms with E-state index in [1.165, 1.54) is 0 Å². The van der Waals surface area contributed by atoms with Crippen LogP contribution in [0, 0.1) is 0 Å². The van der Waals surface area contributed by atoms with Crippen LogP contribution in [-0.2, 0) is 10.0 Å². The highest BCUT2D eigenvalue weighted by Crippen LogP contribution is 2.25. The Kier molecular flexibility index (Phi) is 4.52. The molecule has 112 valence electrons. The zero-order valence-electron chi connectivity index (χ0n) is 12.4. The van der Waals surface area contributed by atoms with Gasteiger partial charge in [0.1, 0.15) is 0 Å². The molecule has 0 spiro atoms. The first-order valence-electron chi connectivity index (χ1n) is 7.19. The van der Waals surface area contributed by atoms with E-state index in [2.05, 4.69) is 13.8 Å². The molecular formula is C15H24N2O2S. The molecular weight excluding hydrogens is 272 g/mol. The second-order valence-electron chi connectivity index (χ2n) is 5.97. The van der Waals surface area contributed by atoms with Crippen molar-refractivity contribution in [3.8, 4) is 0 Å². The Balaban J connectivity index is 2.26. The summed E-state index contributed by atoms with van der Waals surface area (Å²) in [7, 11) is -3.40. The van der Waals surface area contributed by atoms with Crippen molar-refractivity contribution in [2.45, 2.75) is 56.5 Å². The topological polar surface area (TPSA) is 63.4 Å². The first-order chi connectivity index (χ1) is 9.32. The first-order valence-corrected chi connectivity index (χ1v) is 8.63. The number of rotatable bonds is 3. The second kappa shape index (κ2) is 5.84. The molecule has 1 aromatic carbocycles. The molecule has 2 atom stereocenters. The van der Waals surface area contributed by atoms with Gasteiger partial charge in [-0.25, -0.2) is 8.42 Å². The van der Waals surface area contributed by atoms with Crippen LogP contribution in [0.25, 0.3) is 0 Å². The number of hydrogen-bond donors (Lipinski definition) is 1. The molecule has 2 unspecified atom stereocenters. The third-order valence-corrected chi connectivity index (χ3v) is 6.04. The number of piperidine rings is 1. The maximum absolute atomic E-state index is 12.7. The zero-order valence-corrected chi connectivity index (χ0v) is 13.2. The predicted octanol–water partition coefficient (Wildman–Crippen LogP) is 2.31. The minimum absolute atomic E-state index is 0.0338. The normalized spacial score (nSPS) is 25.1. The average Bonchev–Trinajstić information content (AvgIpc) is 2.38. The first kappa shape index (κ1) is 15.5. The number of hydrogen-bond acceptors (Lipinski definition) is 3. The zero-order chi connectivity index (χ0) is 14.9. The standard InChI is InChI=1S/C15H24N2O2S/c1-11(2)13-4-6-15(7-5-13)20(18,19)17-9-8-14(16)10-12(17)3/h4-7,11-12,14H,8-10,16H2,1-3H3. The van der Waals surface area contributed by atoms with Crippen LogP contribution in [0.1, 0.15) is 45.1 Å².